The zero-order valence-electron chi connectivity index (χ0n) is 9.51. The molecule has 0 N–H and O–H groups in total. The molecule has 0 saturated carbocycles. The Balaban J connectivity index is 2.91. The van der Waals surface area contributed by atoms with Crippen molar-refractivity contribution in [1.29, 1.82) is 0 Å². The average Bonchev–Trinajstić information content (AvgIpc) is 2.15. The number of hydrogen-bond acceptors (Lipinski definition) is 4. The standard InChI is InChI=1S/C11H13ClO4S/c1-8(2)16-11(13)7-17(14,15)10-6-4-3-5-9(10)12/h3-6,8H,7H2,1-2H3. The number of ether oxygens (including phenoxy) is 1. The molecule has 0 aliphatic rings. The van der Waals surface area contributed by atoms with Gasteiger partial charge in [0.15, 0.2) is 15.6 Å². The van der Waals surface area contributed by atoms with Crippen molar-refractivity contribution < 1.29 is 17.9 Å². The van der Waals surface area contributed by atoms with Gasteiger partial charge in [-0.25, -0.2) is 8.42 Å². The van der Waals surface area contributed by atoms with Crippen molar-refractivity contribution in [1.82, 2.24) is 0 Å². The molecular weight excluding hydrogens is 264 g/mol. The second kappa shape index (κ2) is 5.51. The van der Waals surface area contributed by atoms with Crippen LogP contribution in [0.15, 0.2) is 29.2 Å². The first-order chi connectivity index (χ1) is 7.83. The van der Waals surface area contributed by atoms with Crippen LogP contribution in [-0.2, 0) is 19.4 Å². The zero-order chi connectivity index (χ0) is 13.1. The van der Waals surface area contributed by atoms with Gasteiger partial charge < -0.3 is 4.74 Å². The number of carbonyl (C=O) groups is 1. The number of rotatable bonds is 4. The van der Waals surface area contributed by atoms with E-state index in [-0.39, 0.29) is 16.0 Å². The largest absolute Gasteiger partial charge is 0.462 e. The summed E-state index contributed by atoms with van der Waals surface area (Å²) in [5, 5.41) is 0.102. The van der Waals surface area contributed by atoms with Gasteiger partial charge in [-0.3, -0.25) is 4.79 Å². The molecule has 0 aromatic heterocycles. The van der Waals surface area contributed by atoms with Crippen LogP contribution in [0.4, 0.5) is 0 Å². The normalized spacial score (nSPS) is 11.5. The van der Waals surface area contributed by atoms with Gasteiger partial charge in [0.25, 0.3) is 0 Å². The van der Waals surface area contributed by atoms with Gasteiger partial charge in [-0.05, 0) is 26.0 Å². The SMILES string of the molecule is CC(C)OC(=O)CS(=O)(=O)c1ccccc1Cl. The van der Waals surface area contributed by atoms with E-state index < -0.39 is 21.6 Å². The van der Waals surface area contributed by atoms with E-state index in [0.717, 1.165) is 0 Å². The number of halogens is 1. The molecule has 0 unspecified atom stereocenters. The molecule has 0 atom stereocenters. The van der Waals surface area contributed by atoms with E-state index in [4.69, 9.17) is 16.3 Å². The highest BCUT2D eigenvalue weighted by Crippen LogP contribution is 2.21. The Labute approximate surface area is 105 Å². The van der Waals surface area contributed by atoms with Gasteiger partial charge in [0.2, 0.25) is 0 Å². The summed E-state index contributed by atoms with van der Waals surface area (Å²) in [7, 11) is -3.74. The fraction of sp³-hybridized carbons (Fsp3) is 0.364. The van der Waals surface area contributed by atoms with Crippen LogP contribution in [0, 0.1) is 0 Å². The van der Waals surface area contributed by atoms with Crippen LogP contribution in [0.3, 0.4) is 0 Å². The van der Waals surface area contributed by atoms with Crippen LogP contribution < -0.4 is 0 Å². The summed E-state index contributed by atoms with van der Waals surface area (Å²) < 4.78 is 28.5. The molecule has 1 aromatic rings. The third kappa shape index (κ3) is 4.02. The zero-order valence-corrected chi connectivity index (χ0v) is 11.1. The van der Waals surface area contributed by atoms with Gasteiger partial charge in [0, 0.05) is 0 Å². The van der Waals surface area contributed by atoms with E-state index in [2.05, 4.69) is 0 Å². The first kappa shape index (κ1) is 14.0. The summed E-state index contributed by atoms with van der Waals surface area (Å²) in [6.07, 6.45) is -0.344. The molecule has 0 bridgehead atoms. The van der Waals surface area contributed by atoms with Crippen molar-refractivity contribution in [3.05, 3.63) is 29.3 Å². The molecule has 94 valence electrons. The number of carbonyl (C=O) groups excluding carboxylic acids is 1. The van der Waals surface area contributed by atoms with E-state index in [1.165, 1.54) is 12.1 Å². The van der Waals surface area contributed by atoms with Gasteiger partial charge in [0.1, 0.15) is 0 Å². The molecular formula is C11H13ClO4S. The number of hydrogen-bond donors (Lipinski definition) is 0. The lowest BCUT2D eigenvalue weighted by Crippen LogP contribution is -2.21. The maximum absolute atomic E-state index is 11.9. The minimum Gasteiger partial charge on any atom is -0.462 e. The number of esters is 1. The monoisotopic (exact) mass is 276 g/mol. The number of benzene rings is 1. The topological polar surface area (TPSA) is 60.4 Å². The maximum atomic E-state index is 11.9. The van der Waals surface area contributed by atoms with E-state index >= 15 is 0 Å². The molecule has 0 saturated heterocycles. The van der Waals surface area contributed by atoms with E-state index in [1.807, 2.05) is 0 Å². The van der Waals surface area contributed by atoms with Gasteiger partial charge in [-0.1, -0.05) is 23.7 Å². The minimum absolute atomic E-state index is 0.0534. The summed E-state index contributed by atoms with van der Waals surface area (Å²) in [5.74, 6) is -1.48. The third-order valence-electron chi connectivity index (χ3n) is 1.85. The molecule has 0 radical (unpaired) electrons. The molecule has 17 heavy (non-hydrogen) atoms. The first-order valence-electron chi connectivity index (χ1n) is 4.99. The van der Waals surface area contributed by atoms with E-state index in [0.29, 0.717) is 0 Å². The Morgan fingerprint density at radius 1 is 1.35 bits per heavy atom. The van der Waals surface area contributed by atoms with Gasteiger partial charge >= 0.3 is 5.97 Å². The summed E-state index contributed by atoms with van der Waals surface area (Å²) >= 11 is 5.77. The van der Waals surface area contributed by atoms with Crippen molar-refractivity contribution >= 4 is 27.4 Å². The molecule has 0 fully saturated rings. The Morgan fingerprint density at radius 2 is 1.94 bits per heavy atom. The second-order valence-electron chi connectivity index (χ2n) is 3.73. The minimum atomic E-state index is -3.74. The van der Waals surface area contributed by atoms with Crippen LogP contribution in [0.25, 0.3) is 0 Å². The summed E-state index contributed by atoms with van der Waals surface area (Å²) in [6, 6.07) is 5.99. The lowest BCUT2D eigenvalue weighted by molar-refractivity contribution is -0.144. The lowest BCUT2D eigenvalue weighted by Gasteiger charge is -2.09. The van der Waals surface area contributed by atoms with Gasteiger partial charge in [-0.15, -0.1) is 0 Å². The van der Waals surface area contributed by atoms with Crippen molar-refractivity contribution in [2.75, 3.05) is 5.75 Å². The maximum Gasteiger partial charge on any atom is 0.321 e. The van der Waals surface area contributed by atoms with Crippen LogP contribution in [0.5, 0.6) is 0 Å². The van der Waals surface area contributed by atoms with Crippen molar-refractivity contribution in [3.8, 4) is 0 Å². The molecule has 4 nitrogen and oxygen atoms in total. The van der Waals surface area contributed by atoms with Crippen LogP contribution in [0.1, 0.15) is 13.8 Å². The lowest BCUT2D eigenvalue weighted by atomic mass is 10.4. The molecule has 0 heterocycles. The predicted molar refractivity (Wildman–Crippen MR) is 64.7 cm³/mol. The predicted octanol–water partition coefficient (Wildman–Crippen LogP) is 2.07. The highest BCUT2D eigenvalue weighted by atomic mass is 35.5. The summed E-state index contributed by atoms with van der Waals surface area (Å²) in [5.41, 5.74) is 0. The van der Waals surface area contributed by atoms with E-state index in [1.54, 1.807) is 26.0 Å². The molecule has 0 aliphatic carbocycles. The highest BCUT2D eigenvalue weighted by Gasteiger charge is 2.23. The number of sulfone groups is 1. The van der Waals surface area contributed by atoms with Crippen molar-refractivity contribution in [2.45, 2.75) is 24.8 Å². The third-order valence-corrected chi connectivity index (χ3v) is 3.93. The second-order valence-corrected chi connectivity index (χ2v) is 6.09. The van der Waals surface area contributed by atoms with Crippen LogP contribution >= 0.6 is 11.6 Å². The highest BCUT2D eigenvalue weighted by molar-refractivity contribution is 7.92. The molecule has 6 heteroatoms. The van der Waals surface area contributed by atoms with Crippen molar-refractivity contribution in [3.63, 3.8) is 0 Å². The fourth-order valence-electron chi connectivity index (χ4n) is 1.23. The van der Waals surface area contributed by atoms with Gasteiger partial charge in [0.05, 0.1) is 16.0 Å². The fourth-order valence-corrected chi connectivity index (χ4v) is 2.90. The van der Waals surface area contributed by atoms with E-state index in [9.17, 15) is 13.2 Å². The van der Waals surface area contributed by atoms with Crippen molar-refractivity contribution in [2.24, 2.45) is 0 Å². The Bertz CT molecular complexity index is 508. The molecule has 1 aromatic carbocycles. The molecule has 1 rings (SSSR count). The summed E-state index contributed by atoms with van der Waals surface area (Å²) in [6.45, 7) is 3.31. The smallest absolute Gasteiger partial charge is 0.321 e. The van der Waals surface area contributed by atoms with Crippen LogP contribution in [0.2, 0.25) is 5.02 Å². The van der Waals surface area contributed by atoms with Crippen LogP contribution in [-0.4, -0.2) is 26.2 Å². The van der Waals surface area contributed by atoms with Gasteiger partial charge in [-0.2, -0.15) is 0 Å². The molecule has 0 aliphatic heterocycles. The molecule has 0 amide bonds. The Hall–Kier alpha value is -1.07. The Kier molecular flexibility index (Phi) is 4.54. The quantitative estimate of drug-likeness (QED) is 0.790. The Morgan fingerprint density at radius 3 is 2.47 bits per heavy atom. The summed E-state index contributed by atoms with van der Waals surface area (Å²) in [4.78, 5) is 11.3. The molecule has 0 spiro atoms. The first-order valence-corrected chi connectivity index (χ1v) is 7.02. The average molecular weight is 277 g/mol.